The van der Waals surface area contributed by atoms with E-state index in [1.165, 1.54) is 0 Å². The number of hydrogen-bond acceptors (Lipinski definition) is 5. The van der Waals surface area contributed by atoms with Crippen LogP contribution in [0.5, 0.6) is 0 Å². The van der Waals surface area contributed by atoms with Crippen LogP contribution in [-0.2, 0) is 6.54 Å². The molecule has 1 amide bonds. The lowest BCUT2D eigenvalue weighted by molar-refractivity contribution is 0.101. The summed E-state index contributed by atoms with van der Waals surface area (Å²) in [5, 5.41) is 15.7. The van der Waals surface area contributed by atoms with Crippen LogP contribution in [0.25, 0.3) is 23.1 Å². The molecule has 0 unspecified atom stereocenters. The highest BCUT2D eigenvalue weighted by Gasteiger charge is 2.19. The number of pyridine rings is 1. The molecule has 0 atom stereocenters. The maximum Gasteiger partial charge on any atom is 0.273 e. The van der Waals surface area contributed by atoms with Crippen molar-refractivity contribution in [3.8, 4) is 0 Å². The van der Waals surface area contributed by atoms with Crippen molar-refractivity contribution in [2.75, 3.05) is 5.32 Å². The van der Waals surface area contributed by atoms with Crippen LogP contribution in [0, 0.1) is 20.8 Å². The van der Waals surface area contributed by atoms with Crippen molar-refractivity contribution in [3.63, 3.8) is 0 Å². The first-order valence-corrected chi connectivity index (χ1v) is 12.4. The van der Waals surface area contributed by atoms with Gasteiger partial charge in [0.25, 0.3) is 5.91 Å². The lowest BCUT2D eigenvalue weighted by Crippen LogP contribution is -2.18. The van der Waals surface area contributed by atoms with E-state index in [9.17, 15) is 9.59 Å². The van der Waals surface area contributed by atoms with Crippen molar-refractivity contribution in [1.82, 2.24) is 25.0 Å². The third-order valence-electron chi connectivity index (χ3n) is 6.45. The number of fused-ring (bicyclic) bond motifs is 1. The van der Waals surface area contributed by atoms with E-state index in [4.69, 9.17) is 0 Å². The Bertz CT molecular complexity index is 1700. The maximum absolute atomic E-state index is 13.6. The summed E-state index contributed by atoms with van der Waals surface area (Å²) < 4.78 is 1.67. The largest absolute Gasteiger partial charge is 0.320 e. The summed E-state index contributed by atoms with van der Waals surface area (Å²) in [6.07, 6.45) is 5.54. The van der Waals surface area contributed by atoms with Crippen LogP contribution in [0.3, 0.4) is 0 Å². The molecule has 3 heterocycles. The van der Waals surface area contributed by atoms with Crippen LogP contribution >= 0.6 is 0 Å². The van der Waals surface area contributed by atoms with Gasteiger partial charge in [-0.05, 0) is 87.4 Å². The number of ketones is 1. The molecule has 3 aromatic heterocycles. The minimum atomic E-state index is -0.261. The number of aromatic amines is 1. The molecule has 0 aliphatic carbocycles. The molecule has 0 aliphatic heterocycles. The SMILES string of the molecule is CCn1nc(C)cc1C(=O)Nc1cc(C(=O)c2ccc3c(/C=C/c4ccccn4)n[nH]c3c2)c(C)cc1C. The second kappa shape index (κ2) is 10.3. The first-order chi connectivity index (χ1) is 18.3. The fourth-order valence-electron chi connectivity index (χ4n) is 4.49. The Morgan fingerprint density at radius 1 is 1.00 bits per heavy atom. The number of hydrogen-bond donors (Lipinski definition) is 2. The fraction of sp³-hybridized carbons (Fsp3) is 0.167. The number of H-pyrrole nitrogens is 1. The van der Waals surface area contributed by atoms with Crippen molar-refractivity contribution in [3.05, 3.63) is 106 Å². The average molecular weight is 505 g/mol. The minimum absolute atomic E-state index is 0.130. The Balaban J connectivity index is 1.42. The van der Waals surface area contributed by atoms with Crippen molar-refractivity contribution < 1.29 is 9.59 Å². The van der Waals surface area contributed by atoms with Crippen LogP contribution in [0.2, 0.25) is 0 Å². The predicted molar refractivity (Wildman–Crippen MR) is 149 cm³/mol. The summed E-state index contributed by atoms with van der Waals surface area (Å²) >= 11 is 0. The van der Waals surface area contributed by atoms with Crippen molar-refractivity contribution in [2.45, 2.75) is 34.2 Å². The molecule has 8 heteroatoms. The lowest BCUT2D eigenvalue weighted by Gasteiger charge is -2.13. The molecule has 5 aromatic rings. The highest BCUT2D eigenvalue weighted by atomic mass is 16.2. The normalized spacial score (nSPS) is 11.4. The fourth-order valence-corrected chi connectivity index (χ4v) is 4.49. The summed E-state index contributed by atoms with van der Waals surface area (Å²) in [6.45, 7) is 8.19. The van der Waals surface area contributed by atoms with Gasteiger partial charge in [-0.3, -0.25) is 24.4 Å². The van der Waals surface area contributed by atoms with Gasteiger partial charge in [0.15, 0.2) is 5.78 Å². The van der Waals surface area contributed by atoms with E-state index in [-0.39, 0.29) is 11.7 Å². The number of rotatable bonds is 7. The summed E-state index contributed by atoms with van der Waals surface area (Å²) in [5.74, 6) is -0.391. The van der Waals surface area contributed by atoms with Gasteiger partial charge in [-0.25, -0.2) is 0 Å². The van der Waals surface area contributed by atoms with Crippen molar-refractivity contribution in [2.24, 2.45) is 0 Å². The summed E-state index contributed by atoms with van der Waals surface area (Å²) in [5.41, 5.74) is 6.99. The van der Waals surface area contributed by atoms with E-state index < -0.39 is 0 Å². The predicted octanol–water partition coefficient (Wildman–Crippen LogP) is 5.75. The molecule has 0 fully saturated rings. The van der Waals surface area contributed by atoms with E-state index in [0.29, 0.717) is 29.1 Å². The van der Waals surface area contributed by atoms with E-state index in [1.54, 1.807) is 29.1 Å². The number of anilines is 1. The lowest BCUT2D eigenvalue weighted by atomic mass is 9.95. The average Bonchev–Trinajstić information content (AvgIpc) is 3.51. The van der Waals surface area contributed by atoms with Gasteiger partial charge in [0.1, 0.15) is 5.69 Å². The van der Waals surface area contributed by atoms with Crippen LogP contribution < -0.4 is 5.32 Å². The van der Waals surface area contributed by atoms with Crippen LogP contribution in [0.15, 0.2) is 60.8 Å². The first kappa shape index (κ1) is 24.8. The molecule has 190 valence electrons. The Labute approximate surface area is 220 Å². The number of carbonyl (C=O) groups excluding carboxylic acids is 2. The van der Waals surface area contributed by atoms with Gasteiger partial charge < -0.3 is 5.32 Å². The molecule has 0 saturated heterocycles. The maximum atomic E-state index is 13.6. The molecule has 38 heavy (non-hydrogen) atoms. The van der Waals surface area contributed by atoms with Gasteiger partial charge in [0, 0.05) is 34.9 Å². The summed E-state index contributed by atoms with van der Waals surface area (Å²) in [6, 6.07) is 16.7. The standard InChI is InChI=1S/C30H28N6O2/c1-5-36-28(15-20(4)35-36)30(38)32-26-17-24(18(2)14-19(26)3)29(37)21-9-11-23-25(33-34-27(23)16-21)12-10-22-8-6-7-13-31-22/h6-17H,5H2,1-4H3,(H,32,38)(H,33,34)/b12-10+. The number of carbonyl (C=O) groups is 2. The Kier molecular flexibility index (Phi) is 6.70. The number of amides is 1. The molecule has 0 spiro atoms. The van der Waals surface area contributed by atoms with E-state index in [2.05, 4.69) is 25.6 Å². The summed E-state index contributed by atoms with van der Waals surface area (Å²) in [7, 11) is 0. The van der Waals surface area contributed by atoms with Crippen LogP contribution in [0.4, 0.5) is 5.69 Å². The Morgan fingerprint density at radius 2 is 1.84 bits per heavy atom. The topological polar surface area (TPSA) is 106 Å². The molecule has 2 N–H and O–H groups in total. The molecule has 0 saturated carbocycles. The van der Waals surface area contributed by atoms with E-state index in [1.807, 2.05) is 76.2 Å². The number of aromatic nitrogens is 5. The second-order valence-electron chi connectivity index (χ2n) is 9.21. The Hall–Kier alpha value is -4.85. The number of nitrogens with zero attached hydrogens (tertiary/aromatic N) is 4. The van der Waals surface area contributed by atoms with Crippen molar-refractivity contribution in [1.29, 1.82) is 0 Å². The monoisotopic (exact) mass is 504 g/mol. The molecular formula is C30H28N6O2. The van der Waals surface area contributed by atoms with Gasteiger partial charge in [-0.2, -0.15) is 10.2 Å². The van der Waals surface area contributed by atoms with E-state index >= 15 is 0 Å². The van der Waals surface area contributed by atoms with Crippen LogP contribution in [-0.4, -0.2) is 36.7 Å². The molecule has 0 aliphatic rings. The van der Waals surface area contributed by atoms with Gasteiger partial charge in [0.05, 0.1) is 22.6 Å². The zero-order valence-corrected chi connectivity index (χ0v) is 21.7. The Morgan fingerprint density at radius 3 is 2.61 bits per heavy atom. The summed E-state index contributed by atoms with van der Waals surface area (Å²) in [4.78, 5) is 30.9. The van der Waals surface area contributed by atoms with Crippen molar-refractivity contribution >= 4 is 40.4 Å². The molecule has 2 aromatic carbocycles. The molecule has 0 radical (unpaired) electrons. The molecule has 8 nitrogen and oxygen atoms in total. The highest BCUT2D eigenvalue weighted by Crippen LogP contribution is 2.26. The molecule has 0 bridgehead atoms. The number of benzene rings is 2. The third-order valence-corrected chi connectivity index (χ3v) is 6.45. The third kappa shape index (κ3) is 4.88. The number of nitrogens with one attached hydrogen (secondary N) is 2. The van der Waals surface area contributed by atoms with Crippen LogP contribution in [0.1, 0.15) is 61.5 Å². The molecule has 5 rings (SSSR count). The molecular weight excluding hydrogens is 476 g/mol. The van der Waals surface area contributed by atoms with Gasteiger partial charge in [0.2, 0.25) is 0 Å². The highest BCUT2D eigenvalue weighted by molar-refractivity contribution is 6.13. The van der Waals surface area contributed by atoms with E-state index in [0.717, 1.165) is 39.1 Å². The quantitative estimate of drug-likeness (QED) is 0.274. The van der Waals surface area contributed by atoms with Gasteiger partial charge >= 0.3 is 0 Å². The van der Waals surface area contributed by atoms with Gasteiger partial charge in [-0.1, -0.05) is 18.2 Å². The van der Waals surface area contributed by atoms with Gasteiger partial charge in [-0.15, -0.1) is 0 Å². The zero-order valence-electron chi connectivity index (χ0n) is 21.7. The number of aryl methyl sites for hydroxylation is 4. The minimum Gasteiger partial charge on any atom is -0.320 e. The first-order valence-electron chi connectivity index (χ1n) is 12.4. The zero-order chi connectivity index (χ0) is 26.8. The smallest absolute Gasteiger partial charge is 0.273 e. The second-order valence-corrected chi connectivity index (χ2v) is 9.21.